The number of hydrogen-bond acceptors (Lipinski definition) is 3. The third-order valence-corrected chi connectivity index (χ3v) is 6.38. The van der Waals surface area contributed by atoms with Crippen molar-refractivity contribution in [1.29, 1.82) is 0 Å². The zero-order chi connectivity index (χ0) is 22.8. The van der Waals surface area contributed by atoms with Gasteiger partial charge in [0.25, 0.3) is 0 Å². The van der Waals surface area contributed by atoms with Crippen molar-refractivity contribution in [1.82, 2.24) is 4.90 Å². The minimum absolute atomic E-state index is 0.142. The molecule has 0 radical (unpaired) electrons. The van der Waals surface area contributed by atoms with E-state index in [2.05, 4.69) is 11.8 Å². The molecular weight excluding hydrogens is 419 g/mol. The number of aliphatic carboxylic acids is 1. The van der Waals surface area contributed by atoms with Crippen LogP contribution < -0.4 is 4.74 Å². The summed E-state index contributed by atoms with van der Waals surface area (Å²) >= 11 is 0. The monoisotopic (exact) mass is 445 g/mol. The molecule has 7 heteroatoms. The molecule has 1 saturated heterocycles. The average molecular weight is 445 g/mol. The van der Waals surface area contributed by atoms with Crippen LogP contribution in [-0.4, -0.2) is 42.2 Å². The van der Waals surface area contributed by atoms with Crippen LogP contribution in [0.4, 0.5) is 13.2 Å². The fraction of sp³-hybridized carbons (Fsp3) is 0.400. The van der Waals surface area contributed by atoms with E-state index in [1.54, 1.807) is 0 Å². The molecule has 170 valence electrons. The van der Waals surface area contributed by atoms with E-state index in [0.717, 1.165) is 31.2 Å². The summed E-state index contributed by atoms with van der Waals surface area (Å²) in [6.45, 7) is 4.49. The smallest absolute Gasteiger partial charge is 0.309 e. The highest BCUT2D eigenvalue weighted by atomic mass is 19.2. The number of carboxylic acids is 1. The number of fused-ring (bicyclic) bond motifs is 1. The number of carbonyl (C=O) groups is 1. The van der Waals surface area contributed by atoms with Gasteiger partial charge in [0.15, 0.2) is 11.6 Å². The zero-order valence-corrected chi connectivity index (χ0v) is 18.0. The van der Waals surface area contributed by atoms with Crippen LogP contribution in [0.25, 0.3) is 5.57 Å². The molecular formula is C25H26F3NO3. The standard InChI is InChI=1S/C25H26F3NO3/c1-15-18(12-29-13-19(14-29)25(30)31)5-4-16-9-20(6-7-21(15)16)32-8-2-3-17-10-23(27)24(28)11-22(17)26/h6-7,9-11,19H,2-5,8,12-14H2,1H3,(H,30,31). The second-order valence-corrected chi connectivity index (χ2v) is 8.59. The van der Waals surface area contributed by atoms with Gasteiger partial charge in [-0.3, -0.25) is 9.69 Å². The highest BCUT2D eigenvalue weighted by Crippen LogP contribution is 2.34. The Kier molecular flexibility index (Phi) is 6.55. The number of likely N-dealkylation sites (tertiary alicyclic amines) is 1. The van der Waals surface area contributed by atoms with Gasteiger partial charge in [-0.15, -0.1) is 0 Å². The Bertz CT molecular complexity index is 1060. The van der Waals surface area contributed by atoms with Gasteiger partial charge in [-0.2, -0.15) is 0 Å². The number of aryl methyl sites for hydroxylation is 2. The summed E-state index contributed by atoms with van der Waals surface area (Å²) in [7, 11) is 0. The van der Waals surface area contributed by atoms with Gasteiger partial charge in [0.1, 0.15) is 11.6 Å². The van der Waals surface area contributed by atoms with Crippen LogP contribution in [-0.2, 0) is 17.6 Å². The lowest BCUT2D eigenvalue weighted by Gasteiger charge is -2.38. The molecule has 1 heterocycles. The minimum atomic E-state index is -1.18. The van der Waals surface area contributed by atoms with Crippen molar-refractivity contribution < 1.29 is 27.8 Å². The molecule has 1 aliphatic heterocycles. The van der Waals surface area contributed by atoms with E-state index >= 15 is 0 Å². The largest absolute Gasteiger partial charge is 0.494 e. The van der Waals surface area contributed by atoms with E-state index in [4.69, 9.17) is 9.84 Å². The first-order valence-corrected chi connectivity index (χ1v) is 10.8. The third-order valence-electron chi connectivity index (χ3n) is 6.38. The van der Waals surface area contributed by atoms with Gasteiger partial charge in [0, 0.05) is 25.7 Å². The van der Waals surface area contributed by atoms with Crippen LogP contribution in [0, 0.1) is 23.4 Å². The summed E-state index contributed by atoms with van der Waals surface area (Å²) in [5.74, 6) is -3.20. The van der Waals surface area contributed by atoms with Gasteiger partial charge >= 0.3 is 5.97 Å². The predicted octanol–water partition coefficient (Wildman–Crippen LogP) is 4.85. The number of halogens is 3. The van der Waals surface area contributed by atoms with E-state index in [9.17, 15) is 18.0 Å². The maximum atomic E-state index is 13.7. The normalized spacial score (nSPS) is 16.6. The van der Waals surface area contributed by atoms with Crippen LogP contribution in [0.3, 0.4) is 0 Å². The van der Waals surface area contributed by atoms with Crippen molar-refractivity contribution in [2.24, 2.45) is 5.92 Å². The summed E-state index contributed by atoms with van der Waals surface area (Å²) in [5.41, 5.74) is 5.14. The fourth-order valence-corrected chi connectivity index (χ4v) is 4.43. The van der Waals surface area contributed by atoms with E-state index < -0.39 is 23.4 Å². The maximum Gasteiger partial charge on any atom is 0.309 e. The van der Waals surface area contributed by atoms with E-state index in [1.807, 2.05) is 18.2 Å². The highest BCUT2D eigenvalue weighted by Gasteiger charge is 2.33. The first-order chi connectivity index (χ1) is 15.3. The van der Waals surface area contributed by atoms with Crippen molar-refractivity contribution in [3.8, 4) is 5.75 Å². The van der Waals surface area contributed by atoms with Crippen molar-refractivity contribution >= 4 is 11.5 Å². The molecule has 1 N–H and O–H groups in total. The predicted molar refractivity (Wildman–Crippen MR) is 115 cm³/mol. The molecule has 2 aromatic carbocycles. The van der Waals surface area contributed by atoms with Gasteiger partial charge in [-0.25, -0.2) is 13.2 Å². The number of rotatable bonds is 8. The lowest BCUT2D eigenvalue weighted by molar-refractivity contribution is -0.147. The molecule has 0 spiro atoms. The van der Waals surface area contributed by atoms with E-state index in [-0.39, 0.29) is 17.9 Å². The van der Waals surface area contributed by atoms with E-state index in [0.29, 0.717) is 32.2 Å². The summed E-state index contributed by atoms with van der Waals surface area (Å²) in [4.78, 5) is 13.2. The maximum absolute atomic E-state index is 13.7. The number of nitrogens with zero attached hydrogens (tertiary/aromatic N) is 1. The molecule has 0 saturated carbocycles. The molecule has 4 nitrogen and oxygen atoms in total. The van der Waals surface area contributed by atoms with Gasteiger partial charge in [0.05, 0.1) is 12.5 Å². The second kappa shape index (κ2) is 9.36. The molecule has 0 bridgehead atoms. The molecule has 1 fully saturated rings. The first kappa shape index (κ1) is 22.4. The minimum Gasteiger partial charge on any atom is -0.494 e. The molecule has 2 aromatic rings. The Balaban J connectivity index is 1.31. The van der Waals surface area contributed by atoms with Gasteiger partial charge in [0.2, 0.25) is 0 Å². The SMILES string of the molecule is CC1=C(CN2CC(C(=O)O)C2)CCc2cc(OCCCc3cc(F)c(F)cc3F)ccc21. The average Bonchev–Trinajstić information content (AvgIpc) is 2.72. The quantitative estimate of drug-likeness (QED) is 0.466. The number of ether oxygens (including phenoxy) is 1. The van der Waals surface area contributed by atoms with Crippen molar-refractivity contribution in [3.05, 3.63) is 70.0 Å². The number of allylic oxidation sites excluding steroid dienone is 1. The summed E-state index contributed by atoms with van der Waals surface area (Å²) in [6, 6.07) is 7.46. The highest BCUT2D eigenvalue weighted by molar-refractivity contribution is 5.73. The van der Waals surface area contributed by atoms with Gasteiger partial charge < -0.3 is 9.84 Å². The summed E-state index contributed by atoms with van der Waals surface area (Å²) in [5, 5.41) is 9.04. The number of carboxylic acid groups (broad SMARTS) is 1. The van der Waals surface area contributed by atoms with Gasteiger partial charge in [-0.05, 0) is 73.1 Å². The van der Waals surface area contributed by atoms with Crippen molar-refractivity contribution in [3.63, 3.8) is 0 Å². The second-order valence-electron chi connectivity index (χ2n) is 8.59. The van der Waals surface area contributed by atoms with E-state index in [1.165, 1.54) is 22.3 Å². The Hall–Kier alpha value is -2.80. The van der Waals surface area contributed by atoms with Crippen molar-refractivity contribution in [2.45, 2.75) is 32.6 Å². The molecule has 2 aliphatic rings. The molecule has 0 aromatic heterocycles. The molecule has 4 rings (SSSR count). The zero-order valence-electron chi connectivity index (χ0n) is 18.0. The fourth-order valence-electron chi connectivity index (χ4n) is 4.43. The number of benzene rings is 2. The molecule has 0 atom stereocenters. The van der Waals surface area contributed by atoms with Crippen LogP contribution in [0.1, 0.15) is 36.5 Å². The Morgan fingerprint density at radius 2 is 1.84 bits per heavy atom. The van der Waals surface area contributed by atoms with Crippen LogP contribution >= 0.6 is 0 Å². The topological polar surface area (TPSA) is 49.8 Å². The summed E-state index contributed by atoms with van der Waals surface area (Å²) in [6.07, 6.45) is 2.58. The molecule has 0 unspecified atom stereocenters. The Labute approximate surface area is 185 Å². The van der Waals surface area contributed by atoms with Crippen molar-refractivity contribution in [2.75, 3.05) is 26.2 Å². The third kappa shape index (κ3) is 4.83. The lowest BCUT2D eigenvalue weighted by Crippen LogP contribution is -2.50. The molecule has 0 amide bonds. The number of hydrogen-bond donors (Lipinski definition) is 1. The van der Waals surface area contributed by atoms with Crippen LogP contribution in [0.15, 0.2) is 35.9 Å². The Morgan fingerprint density at radius 3 is 2.59 bits per heavy atom. The first-order valence-electron chi connectivity index (χ1n) is 10.8. The molecule has 1 aliphatic carbocycles. The Morgan fingerprint density at radius 1 is 1.09 bits per heavy atom. The lowest BCUT2D eigenvalue weighted by atomic mass is 9.85. The summed E-state index contributed by atoms with van der Waals surface area (Å²) < 4.78 is 45.8. The van der Waals surface area contributed by atoms with Crippen LogP contribution in [0.2, 0.25) is 0 Å². The molecule has 32 heavy (non-hydrogen) atoms. The van der Waals surface area contributed by atoms with Gasteiger partial charge in [-0.1, -0.05) is 11.6 Å². The van der Waals surface area contributed by atoms with Crippen LogP contribution in [0.5, 0.6) is 5.75 Å².